The minimum absolute atomic E-state index is 0.0494. The van der Waals surface area contributed by atoms with Gasteiger partial charge in [0.2, 0.25) is 0 Å². The molecule has 3 heteroatoms. The monoisotopic (exact) mass is 249 g/mol. The van der Waals surface area contributed by atoms with Crippen molar-refractivity contribution in [1.82, 2.24) is 4.90 Å². The lowest BCUT2D eigenvalue weighted by Gasteiger charge is -2.42. The van der Waals surface area contributed by atoms with Gasteiger partial charge in [0, 0.05) is 12.0 Å². The van der Waals surface area contributed by atoms with E-state index in [1.165, 1.54) is 38.8 Å². The fourth-order valence-electron chi connectivity index (χ4n) is 3.83. The van der Waals surface area contributed by atoms with Gasteiger partial charge in [-0.05, 0) is 50.4 Å². The molecule has 2 heterocycles. The molecule has 1 saturated carbocycles. The van der Waals surface area contributed by atoms with Crippen LogP contribution in [0.5, 0.6) is 0 Å². The van der Waals surface area contributed by atoms with Gasteiger partial charge in [-0.3, -0.25) is 4.90 Å². The number of likely N-dealkylation sites (tertiary alicyclic amines) is 1. The average Bonchev–Trinajstić information content (AvgIpc) is 3.12. The second kappa shape index (κ2) is 5.06. The summed E-state index contributed by atoms with van der Waals surface area (Å²) < 4.78 is 5.11. The van der Waals surface area contributed by atoms with E-state index < -0.39 is 0 Å². The maximum Gasteiger partial charge on any atom is 0.0935 e. The summed E-state index contributed by atoms with van der Waals surface area (Å²) in [6.07, 6.45) is 11.4. The molecule has 0 amide bonds. The van der Waals surface area contributed by atoms with Crippen LogP contribution >= 0.6 is 0 Å². The Bertz CT molecular complexity index is 362. The van der Waals surface area contributed by atoms with Gasteiger partial charge in [-0.25, -0.2) is 0 Å². The number of aliphatic hydroxyl groups excluding tert-OH is 1. The lowest BCUT2D eigenvalue weighted by atomic mass is 9.85. The quantitative estimate of drug-likeness (QED) is 0.891. The van der Waals surface area contributed by atoms with Crippen molar-refractivity contribution in [2.75, 3.05) is 13.1 Å². The molecule has 1 saturated heterocycles. The Morgan fingerprint density at radius 2 is 1.94 bits per heavy atom. The highest BCUT2D eigenvalue weighted by Crippen LogP contribution is 2.40. The lowest BCUT2D eigenvalue weighted by Crippen LogP contribution is -2.54. The van der Waals surface area contributed by atoms with Crippen molar-refractivity contribution in [1.29, 1.82) is 0 Å². The van der Waals surface area contributed by atoms with Crippen LogP contribution in [-0.4, -0.2) is 34.7 Å². The van der Waals surface area contributed by atoms with E-state index >= 15 is 0 Å². The molecule has 2 fully saturated rings. The maximum atomic E-state index is 10.7. The summed E-state index contributed by atoms with van der Waals surface area (Å²) in [6.45, 7) is 2.34. The molecule has 1 aromatic heterocycles. The first kappa shape index (κ1) is 12.2. The van der Waals surface area contributed by atoms with Crippen LogP contribution in [0.3, 0.4) is 0 Å². The van der Waals surface area contributed by atoms with E-state index in [1.807, 2.05) is 6.07 Å². The first-order valence-corrected chi connectivity index (χ1v) is 7.25. The van der Waals surface area contributed by atoms with Gasteiger partial charge in [0.1, 0.15) is 0 Å². The third-order valence-electron chi connectivity index (χ3n) is 4.83. The standard InChI is InChI=1S/C15H23NO2/c17-14(11-13-5-10-18-12-13)15(6-1-2-7-15)16-8-3-4-9-16/h5,10,12,14,17H,1-4,6-9,11H2. The topological polar surface area (TPSA) is 36.6 Å². The zero-order valence-corrected chi connectivity index (χ0v) is 11.0. The van der Waals surface area contributed by atoms with Gasteiger partial charge in [0.05, 0.1) is 18.6 Å². The van der Waals surface area contributed by atoms with Gasteiger partial charge < -0.3 is 9.52 Å². The predicted molar refractivity (Wildman–Crippen MR) is 70.4 cm³/mol. The number of hydrogen-bond donors (Lipinski definition) is 1. The van der Waals surface area contributed by atoms with Crippen LogP contribution in [0.4, 0.5) is 0 Å². The number of nitrogens with zero attached hydrogens (tertiary/aromatic N) is 1. The molecule has 0 spiro atoms. The molecule has 0 radical (unpaired) electrons. The van der Waals surface area contributed by atoms with Crippen LogP contribution in [0.25, 0.3) is 0 Å². The maximum absolute atomic E-state index is 10.7. The summed E-state index contributed by atoms with van der Waals surface area (Å²) in [7, 11) is 0. The average molecular weight is 249 g/mol. The molecule has 1 aliphatic carbocycles. The molecule has 0 aromatic carbocycles. The first-order chi connectivity index (χ1) is 8.81. The molecular weight excluding hydrogens is 226 g/mol. The Morgan fingerprint density at radius 3 is 2.56 bits per heavy atom. The SMILES string of the molecule is OC(Cc1ccoc1)C1(N2CCCC2)CCCC1. The van der Waals surface area contributed by atoms with Crippen LogP contribution in [-0.2, 0) is 6.42 Å². The van der Waals surface area contributed by atoms with Crippen molar-refractivity contribution >= 4 is 0 Å². The smallest absolute Gasteiger partial charge is 0.0935 e. The van der Waals surface area contributed by atoms with E-state index in [2.05, 4.69) is 4.90 Å². The Kier molecular flexibility index (Phi) is 3.44. The van der Waals surface area contributed by atoms with Crippen LogP contribution in [0, 0.1) is 0 Å². The molecule has 1 unspecified atom stereocenters. The Balaban J connectivity index is 1.76. The number of aliphatic hydroxyl groups is 1. The van der Waals surface area contributed by atoms with Gasteiger partial charge >= 0.3 is 0 Å². The molecule has 1 atom stereocenters. The van der Waals surface area contributed by atoms with Crippen LogP contribution < -0.4 is 0 Å². The van der Waals surface area contributed by atoms with Gasteiger partial charge in [-0.15, -0.1) is 0 Å². The van der Waals surface area contributed by atoms with Crippen molar-refractivity contribution in [2.45, 2.75) is 56.6 Å². The molecule has 3 nitrogen and oxygen atoms in total. The van der Waals surface area contributed by atoms with E-state index in [4.69, 9.17) is 4.42 Å². The molecule has 1 aliphatic heterocycles. The van der Waals surface area contributed by atoms with Crippen molar-refractivity contribution in [3.05, 3.63) is 24.2 Å². The summed E-state index contributed by atoms with van der Waals surface area (Å²) in [5.41, 5.74) is 1.17. The molecule has 3 rings (SSSR count). The molecule has 18 heavy (non-hydrogen) atoms. The third-order valence-corrected chi connectivity index (χ3v) is 4.83. The predicted octanol–water partition coefficient (Wildman–Crippen LogP) is 2.59. The van der Waals surface area contributed by atoms with Crippen molar-refractivity contribution < 1.29 is 9.52 Å². The van der Waals surface area contributed by atoms with Crippen LogP contribution in [0.15, 0.2) is 23.0 Å². The fourth-order valence-corrected chi connectivity index (χ4v) is 3.83. The lowest BCUT2D eigenvalue weighted by molar-refractivity contribution is -0.0172. The summed E-state index contributed by atoms with van der Waals surface area (Å²) in [5, 5.41) is 10.7. The molecule has 0 bridgehead atoms. The van der Waals surface area contributed by atoms with E-state index in [0.29, 0.717) is 0 Å². The third kappa shape index (κ3) is 2.10. The zero-order chi connectivity index (χ0) is 12.4. The van der Waals surface area contributed by atoms with Gasteiger partial charge in [0.25, 0.3) is 0 Å². The zero-order valence-electron chi connectivity index (χ0n) is 11.0. The van der Waals surface area contributed by atoms with E-state index in [1.54, 1.807) is 12.5 Å². The number of hydrogen-bond acceptors (Lipinski definition) is 3. The number of furan rings is 1. The van der Waals surface area contributed by atoms with Crippen molar-refractivity contribution in [3.63, 3.8) is 0 Å². The van der Waals surface area contributed by atoms with Crippen molar-refractivity contribution in [2.24, 2.45) is 0 Å². The van der Waals surface area contributed by atoms with Gasteiger partial charge in [-0.2, -0.15) is 0 Å². The van der Waals surface area contributed by atoms with E-state index in [-0.39, 0.29) is 11.6 Å². The van der Waals surface area contributed by atoms with Crippen molar-refractivity contribution in [3.8, 4) is 0 Å². The van der Waals surface area contributed by atoms with Gasteiger partial charge in [0.15, 0.2) is 0 Å². The molecule has 2 aliphatic rings. The largest absolute Gasteiger partial charge is 0.472 e. The Labute approximate surface area is 109 Å². The summed E-state index contributed by atoms with van der Waals surface area (Å²) in [6, 6.07) is 1.97. The fraction of sp³-hybridized carbons (Fsp3) is 0.733. The molecule has 100 valence electrons. The normalized spacial score (nSPS) is 25.6. The van der Waals surface area contributed by atoms with E-state index in [0.717, 1.165) is 24.8 Å². The Morgan fingerprint density at radius 1 is 1.22 bits per heavy atom. The molecular formula is C15H23NO2. The Hall–Kier alpha value is -0.800. The second-order valence-electron chi connectivity index (χ2n) is 5.86. The summed E-state index contributed by atoms with van der Waals surface area (Å²) in [5.74, 6) is 0. The summed E-state index contributed by atoms with van der Waals surface area (Å²) >= 11 is 0. The van der Waals surface area contributed by atoms with E-state index in [9.17, 15) is 5.11 Å². The second-order valence-corrected chi connectivity index (χ2v) is 5.86. The minimum Gasteiger partial charge on any atom is -0.472 e. The highest BCUT2D eigenvalue weighted by Gasteiger charge is 2.45. The first-order valence-electron chi connectivity index (χ1n) is 7.25. The molecule has 1 N–H and O–H groups in total. The number of rotatable bonds is 4. The van der Waals surface area contributed by atoms with Gasteiger partial charge in [-0.1, -0.05) is 12.8 Å². The highest BCUT2D eigenvalue weighted by atomic mass is 16.3. The van der Waals surface area contributed by atoms with Crippen LogP contribution in [0.2, 0.25) is 0 Å². The van der Waals surface area contributed by atoms with Crippen LogP contribution in [0.1, 0.15) is 44.1 Å². The summed E-state index contributed by atoms with van der Waals surface area (Å²) in [4.78, 5) is 2.56. The molecule has 1 aromatic rings. The minimum atomic E-state index is -0.254. The highest BCUT2D eigenvalue weighted by molar-refractivity contribution is 5.11.